The van der Waals surface area contributed by atoms with Crippen molar-refractivity contribution in [1.82, 2.24) is 9.99 Å². The highest BCUT2D eigenvalue weighted by molar-refractivity contribution is 7.10. The third-order valence-corrected chi connectivity index (χ3v) is 5.41. The van der Waals surface area contributed by atoms with Gasteiger partial charge in [-0.1, -0.05) is 6.07 Å². The van der Waals surface area contributed by atoms with Crippen LogP contribution in [0, 0.1) is 0 Å². The van der Waals surface area contributed by atoms with E-state index in [4.69, 9.17) is 16.0 Å². The van der Waals surface area contributed by atoms with Crippen LogP contribution in [0.1, 0.15) is 29.8 Å². The standard InChI is InChI=1S/C18H15ClN4O3S/c1-10(24)23-14(16-3-2-6-27-16)8-12(22-23)11-4-5-15-13(7-11)20-18(26-15)21-17(25)9-19/h2-7,14H,8-9H2,1H3,(H,20,21,25). The summed E-state index contributed by atoms with van der Waals surface area (Å²) < 4.78 is 5.49. The van der Waals surface area contributed by atoms with Crippen LogP contribution < -0.4 is 5.32 Å². The second-order valence-corrected chi connectivity index (χ2v) is 7.28. The van der Waals surface area contributed by atoms with E-state index in [-0.39, 0.29) is 29.8 Å². The first-order chi connectivity index (χ1) is 13.0. The van der Waals surface area contributed by atoms with Crippen molar-refractivity contribution >= 4 is 57.6 Å². The molecule has 1 aromatic carbocycles. The second kappa shape index (κ2) is 7.13. The highest BCUT2D eigenvalue weighted by atomic mass is 35.5. The van der Waals surface area contributed by atoms with Crippen LogP contribution in [0.2, 0.25) is 0 Å². The number of nitrogens with one attached hydrogen (secondary N) is 1. The number of hydrogen-bond donors (Lipinski definition) is 1. The molecule has 2 amide bonds. The number of thiophene rings is 1. The third-order valence-electron chi connectivity index (χ3n) is 4.19. The molecule has 0 fully saturated rings. The summed E-state index contributed by atoms with van der Waals surface area (Å²) >= 11 is 7.09. The van der Waals surface area contributed by atoms with E-state index < -0.39 is 0 Å². The van der Waals surface area contributed by atoms with Crippen molar-refractivity contribution in [1.29, 1.82) is 0 Å². The van der Waals surface area contributed by atoms with Gasteiger partial charge in [0.15, 0.2) is 5.58 Å². The fourth-order valence-electron chi connectivity index (χ4n) is 2.99. The lowest BCUT2D eigenvalue weighted by Gasteiger charge is -2.18. The first-order valence-electron chi connectivity index (χ1n) is 8.22. The summed E-state index contributed by atoms with van der Waals surface area (Å²) in [5.74, 6) is -0.664. The molecule has 0 saturated heterocycles. The first-order valence-corrected chi connectivity index (χ1v) is 9.64. The van der Waals surface area contributed by atoms with Gasteiger partial charge < -0.3 is 4.42 Å². The Labute approximate surface area is 163 Å². The molecule has 3 aromatic rings. The van der Waals surface area contributed by atoms with E-state index in [1.165, 1.54) is 11.9 Å². The molecular weight excluding hydrogens is 388 g/mol. The number of carbonyl (C=O) groups excluding carboxylic acids is 2. The fourth-order valence-corrected chi connectivity index (χ4v) is 3.87. The van der Waals surface area contributed by atoms with Crippen molar-refractivity contribution < 1.29 is 14.0 Å². The Morgan fingerprint density at radius 3 is 2.96 bits per heavy atom. The number of benzene rings is 1. The smallest absolute Gasteiger partial charge is 0.302 e. The number of fused-ring (bicyclic) bond motifs is 1. The second-order valence-electron chi connectivity index (χ2n) is 6.03. The molecule has 0 radical (unpaired) electrons. The van der Waals surface area contributed by atoms with Crippen LogP contribution in [0.5, 0.6) is 0 Å². The maximum absolute atomic E-state index is 12.0. The molecule has 4 rings (SSSR count). The molecule has 1 N–H and O–H groups in total. The Bertz CT molecular complexity index is 1040. The minimum atomic E-state index is -0.389. The van der Waals surface area contributed by atoms with Gasteiger partial charge in [0.2, 0.25) is 11.8 Å². The van der Waals surface area contributed by atoms with Gasteiger partial charge in [-0.2, -0.15) is 10.1 Å². The molecule has 138 valence electrons. The van der Waals surface area contributed by atoms with E-state index in [1.807, 2.05) is 29.6 Å². The minimum Gasteiger partial charge on any atom is -0.423 e. The Kier molecular flexibility index (Phi) is 4.67. The number of anilines is 1. The number of hydrazone groups is 1. The van der Waals surface area contributed by atoms with Crippen molar-refractivity contribution in [2.24, 2.45) is 5.10 Å². The normalized spacial score (nSPS) is 16.6. The molecule has 3 heterocycles. The van der Waals surface area contributed by atoms with E-state index >= 15 is 0 Å². The average Bonchev–Trinajstić information content (AvgIpc) is 3.38. The summed E-state index contributed by atoms with van der Waals surface area (Å²) in [6.07, 6.45) is 0.624. The molecule has 1 aliphatic rings. The molecule has 1 aliphatic heterocycles. The van der Waals surface area contributed by atoms with E-state index in [9.17, 15) is 9.59 Å². The summed E-state index contributed by atoms with van der Waals surface area (Å²) in [4.78, 5) is 28.8. The van der Waals surface area contributed by atoms with Gasteiger partial charge in [0.1, 0.15) is 11.4 Å². The van der Waals surface area contributed by atoms with Crippen LogP contribution in [0.25, 0.3) is 11.1 Å². The maximum atomic E-state index is 12.0. The zero-order valence-electron chi connectivity index (χ0n) is 14.3. The van der Waals surface area contributed by atoms with Gasteiger partial charge in [-0.15, -0.1) is 22.9 Å². The summed E-state index contributed by atoms with van der Waals surface area (Å²) in [7, 11) is 0. The Morgan fingerprint density at radius 1 is 1.41 bits per heavy atom. The topological polar surface area (TPSA) is 87.8 Å². The van der Waals surface area contributed by atoms with Crippen LogP contribution in [-0.4, -0.2) is 33.4 Å². The maximum Gasteiger partial charge on any atom is 0.302 e. The van der Waals surface area contributed by atoms with E-state index in [0.717, 1.165) is 16.2 Å². The number of rotatable bonds is 4. The number of hydrogen-bond acceptors (Lipinski definition) is 6. The molecule has 0 saturated carbocycles. The van der Waals surface area contributed by atoms with Gasteiger partial charge in [-0.25, -0.2) is 5.01 Å². The van der Waals surface area contributed by atoms with E-state index in [1.54, 1.807) is 17.4 Å². The van der Waals surface area contributed by atoms with E-state index in [0.29, 0.717) is 17.5 Å². The summed E-state index contributed by atoms with van der Waals surface area (Å²) in [6, 6.07) is 9.46. The quantitative estimate of drug-likeness (QED) is 0.673. The SMILES string of the molecule is CC(=O)N1N=C(c2ccc3oc(NC(=O)CCl)nc3c2)CC1c1cccs1. The predicted octanol–water partition coefficient (Wildman–Crippen LogP) is 3.76. The van der Waals surface area contributed by atoms with Crippen LogP contribution >= 0.6 is 22.9 Å². The predicted molar refractivity (Wildman–Crippen MR) is 104 cm³/mol. The Balaban J connectivity index is 1.64. The first kappa shape index (κ1) is 17.7. The largest absolute Gasteiger partial charge is 0.423 e. The summed E-state index contributed by atoms with van der Waals surface area (Å²) in [5, 5.41) is 10.5. The number of amides is 2. The zero-order chi connectivity index (χ0) is 19.0. The summed E-state index contributed by atoms with van der Waals surface area (Å²) in [6.45, 7) is 1.51. The molecule has 7 nitrogen and oxygen atoms in total. The van der Waals surface area contributed by atoms with Gasteiger partial charge >= 0.3 is 6.01 Å². The van der Waals surface area contributed by atoms with Crippen LogP contribution in [-0.2, 0) is 9.59 Å². The van der Waals surface area contributed by atoms with Crippen molar-refractivity contribution in [3.63, 3.8) is 0 Å². The molecule has 0 bridgehead atoms. The number of alkyl halides is 1. The summed E-state index contributed by atoms with van der Waals surface area (Å²) in [5.41, 5.74) is 2.80. The van der Waals surface area contributed by atoms with Gasteiger partial charge in [0, 0.05) is 23.8 Å². The lowest BCUT2D eigenvalue weighted by molar-refractivity contribution is -0.130. The van der Waals surface area contributed by atoms with Crippen LogP contribution in [0.4, 0.5) is 6.01 Å². The number of aromatic nitrogens is 1. The fraction of sp³-hybridized carbons (Fsp3) is 0.222. The van der Waals surface area contributed by atoms with Crippen molar-refractivity contribution in [2.45, 2.75) is 19.4 Å². The molecular formula is C18H15ClN4O3S. The third kappa shape index (κ3) is 3.45. The Morgan fingerprint density at radius 2 is 2.26 bits per heavy atom. The number of nitrogens with zero attached hydrogens (tertiary/aromatic N) is 3. The van der Waals surface area contributed by atoms with Crippen LogP contribution in [0.3, 0.4) is 0 Å². The Hall–Kier alpha value is -2.71. The molecule has 2 aromatic heterocycles. The van der Waals surface area contributed by atoms with Gasteiger partial charge in [0.05, 0.1) is 11.8 Å². The lowest BCUT2D eigenvalue weighted by atomic mass is 10.0. The number of carbonyl (C=O) groups is 2. The molecule has 1 atom stereocenters. The average molecular weight is 403 g/mol. The van der Waals surface area contributed by atoms with Crippen molar-refractivity contribution in [2.75, 3.05) is 11.2 Å². The number of oxazole rings is 1. The lowest BCUT2D eigenvalue weighted by Crippen LogP contribution is -2.23. The van der Waals surface area contributed by atoms with Crippen molar-refractivity contribution in [3.8, 4) is 0 Å². The monoisotopic (exact) mass is 402 g/mol. The van der Waals surface area contributed by atoms with Gasteiger partial charge in [-0.05, 0) is 29.6 Å². The van der Waals surface area contributed by atoms with Gasteiger partial charge in [0.25, 0.3) is 0 Å². The zero-order valence-corrected chi connectivity index (χ0v) is 15.9. The highest BCUT2D eigenvalue weighted by Gasteiger charge is 2.32. The van der Waals surface area contributed by atoms with Crippen molar-refractivity contribution in [3.05, 3.63) is 46.2 Å². The van der Waals surface area contributed by atoms with Gasteiger partial charge in [-0.3, -0.25) is 14.9 Å². The molecule has 27 heavy (non-hydrogen) atoms. The molecule has 9 heteroatoms. The molecule has 0 spiro atoms. The van der Waals surface area contributed by atoms with E-state index in [2.05, 4.69) is 15.4 Å². The van der Waals surface area contributed by atoms with Crippen LogP contribution in [0.15, 0.2) is 45.2 Å². The molecule has 0 aliphatic carbocycles. The minimum absolute atomic E-state index is 0.0934. The molecule has 1 unspecified atom stereocenters. The number of halogens is 1. The highest BCUT2D eigenvalue weighted by Crippen LogP contribution is 2.35.